The highest BCUT2D eigenvalue weighted by Gasteiger charge is 2.17. The highest BCUT2D eigenvalue weighted by atomic mass is 32.1. The quantitative estimate of drug-likeness (QED) is 0.609. The van der Waals surface area contributed by atoms with Gasteiger partial charge in [-0.1, -0.05) is 12.1 Å². The van der Waals surface area contributed by atoms with E-state index < -0.39 is 0 Å². The number of thiophene rings is 1. The molecule has 0 saturated carbocycles. The number of phenolic OH excluding ortho intramolecular Hbond substituents is 1. The van der Waals surface area contributed by atoms with Crippen molar-refractivity contribution in [1.82, 2.24) is 14.8 Å². The van der Waals surface area contributed by atoms with Crippen molar-refractivity contribution in [3.05, 3.63) is 64.5 Å². The summed E-state index contributed by atoms with van der Waals surface area (Å²) in [5, 5.41) is 16.8. The normalized spacial score (nSPS) is 11.0. The third-order valence-electron chi connectivity index (χ3n) is 3.87. The summed E-state index contributed by atoms with van der Waals surface area (Å²) in [6, 6.07) is 10.7. The van der Waals surface area contributed by atoms with Crippen LogP contribution in [0.2, 0.25) is 0 Å². The molecule has 5 nitrogen and oxygen atoms in total. The van der Waals surface area contributed by atoms with Crippen molar-refractivity contribution in [3.63, 3.8) is 0 Å². The molecule has 0 saturated heterocycles. The number of rotatable bonds is 2. The summed E-state index contributed by atoms with van der Waals surface area (Å²) in [5.74, 6) is 0.169. The fourth-order valence-corrected chi connectivity index (χ4v) is 3.81. The standard InChI is InChI=1S/C18H13N3O2S/c1-21-18(23)15-14(11-5-7-19-8-6-11)10-24-17(15)16(20-21)12-3-2-4-13(22)9-12/h2-10,22H,1H3. The Hall–Kier alpha value is -2.99. The first-order chi connectivity index (χ1) is 11.6. The first kappa shape index (κ1) is 14.6. The average molecular weight is 335 g/mol. The van der Waals surface area contributed by atoms with Crippen LogP contribution in [0, 0.1) is 0 Å². The van der Waals surface area contributed by atoms with Gasteiger partial charge in [-0.25, -0.2) is 4.68 Å². The number of benzene rings is 1. The third kappa shape index (κ3) is 2.28. The summed E-state index contributed by atoms with van der Waals surface area (Å²) < 4.78 is 2.16. The molecule has 0 aliphatic heterocycles. The van der Waals surface area contributed by atoms with Gasteiger partial charge in [-0.15, -0.1) is 11.3 Å². The smallest absolute Gasteiger partial charge is 0.275 e. The molecule has 6 heteroatoms. The molecule has 0 radical (unpaired) electrons. The molecule has 4 rings (SSSR count). The van der Waals surface area contributed by atoms with Crippen molar-refractivity contribution in [2.24, 2.45) is 7.05 Å². The second-order valence-corrected chi connectivity index (χ2v) is 6.30. The Morgan fingerprint density at radius 3 is 2.67 bits per heavy atom. The molecule has 0 bridgehead atoms. The second-order valence-electron chi connectivity index (χ2n) is 5.42. The van der Waals surface area contributed by atoms with E-state index in [0.29, 0.717) is 11.1 Å². The number of pyridine rings is 1. The maximum atomic E-state index is 12.7. The lowest BCUT2D eigenvalue weighted by Gasteiger charge is -2.07. The molecule has 0 aliphatic carbocycles. The zero-order valence-electron chi connectivity index (χ0n) is 12.8. The average Bonchev–Trinajstić information content (AvgIpc) is 3.04. The largest absolute Gasteiger partial charge is 0.508 e. The summed E-state index contributed by atoms with van der Waals surface area (Å²) in [6.45, 7) is 0. The first-order valence-electron chi connectivity index (χ1n) is 7.33. The van der Waals surface area contributed by atoms with Gasteiger partial charge in [-0.2, -0.15) is 5.10 Å². The Labute approximate surface area is 141 Å². The predicted octanol–water partition coefficient (Wildman–Crippen LogP) is 3.43. The SMILES string of the molecule is Cn1nc(-c2cccc(O)c2)c2scc(-c3ccncc3)c2c1=O. The van der Waals surface area contributed by atoms with Crippen molar-refractivity contribution < 1.29 is 5.11 Å². The molecule has 1 N–H and O–H groups in total. The fourth-order valence-electron chi connectivity index (χ4n) is 2.73. The van der Waals surface area contributed by atoms with E-state index >= 15 is 0 Å². The number of nitrogens with zero attached hydrogens (tertiary/aromatic N) is 3. The minimum Gasteiger partial charge on any atom is -0.508 e. The van der Waals surface area contributed by atoms with Gasteiger partial charge in [0.1, 0.15) is 11.4 Å². The number of aromatic nitrogens is 3. The maximum Gasteiger partial charge on any atom is 0.275 e. The molecular weight excluding hydrogens is 322 g/mol. The van der Waals surface area contributed by atoms with E-state index in [-0.39, 0.29) is 11.3 Å². The van der Waals surface area contributed by atoms with E-state index in [9.17, 15) is 9.90 Å². The van der Waals surface area contributed by atoms with Gasteiger partial charge in [0.25, 0.3) is 5.56 Å². The van der Waals surface area contributed by atoms with Crippen molar-refractivity contribution >= 4 is 21.4 Å². The number of aryl methyl sites for hydroxylation is 1. The van der Waals surface area contributed by atoms with Crippen LogP contribution in [0.3, 0.4) is 0 Å². The van der Waals surface area contributed by atoms with Gasteiger partial charge < -0.3 is 5.11 Å². The Balaban J connectivity index is 2.07. The first-order valence-corrected chi connectivity index (χ1v) is 8.21. The van der Waals surface area contributed by atoms with E-state index in [0.717, 1.165) is 21.4 Å². The van der Waals surface area contributed by atoms with Gasteiger partial charge in [-0.05, 0) is 29.8 Å². The van der Waals surface area contributed by atoms with Crippen LogP contribution >= 0.6 is 11.3 Å². The highest BCUT2D eigenvalue weighted by Crippen LogP contribution is 2.36. The topological polar surface area (TPSA) is 68.0 Å². The Kier molecular flexibility index (Phi) is 3.39. The summed E-state index contributed by atoms with van der Waals surface area (Å²) in [7, 11) is 1.64. The highest BCUT2D eigenvalue weighted by molar-refractivity contribution is 7.18. The predicted molar refractivity (Wildman–Crippen MR) is 95.2 cm³/mol. The number of fused-ring (bicyclic) bond motifs is 1. The van der Waals surface area contributed by atoms with Gasteiger partial charge in [0.05, 0.1) is 10.1 Å². The lowest BCUT2D eigenvalue weighted by molar-refractivity contribution is 0.475. The molecule has 0 aliphatic rings. The molecule has 118 valence electrons. The van der Waals surface area contributed by atoms with Crippen LogP contribution < -0.4 is 5.56 Å². The summed E-state index contributed by atoms with van der Waals surface area (Å²) in [5.41, 5.74) is 3.15. The van der Waals surface area contributed by atoms with Crippen LogP contribution in [0.15, 0.2) is 59.0 Å². The van der Waals surface area contributed by atoms with Gasteiger partial charge in [0.2, 0.25) is 0 Å². The third-order valence-corrected chi connectivity index (χ3v) is 4.86. The van der Waals surface area contributed by atoms with E-state index in [1.165, 1.54) is 16.0 Å². The summed E-state index contributed by atoms with van der Waals surface area (Å²) in [4.78, 5) is 16.7. The zero-order chi connectivity index (χ0) is 16.7. The van der Waals surface area contributed by atoms with E-state index in [4.69, 9.17) is 0 Å². The van der Waals surface area contributed by atoms with Crippen molar-refractivity contribution in [3.8, 4) is 28.1 Å². The molecule has 3 heterocycles. The van der Waals surface area contributed by atoms with Gasteiger partial charge in [0.15, 0.2) is 0 Å². The number of phenols is 1. The molecule has 0 atom stereocenters. The minimum absolute atomic E-state index is 0.137. The molecule has 0 amide bonds. The Morgan fingerprint density at radius 1 is 1.12 bits per heavy atom. The fraction of sp³-hybridized carbons (Fsp3) is 0.0556. The molecular formula is C18H13N3O2S. The minimum atomic E-state index is -0.137. The van der Waals surface area contributed by atoms with Crippen LogP contribution in [0.4, 0.5) is 0 Å². The lowest BCUT2D eigenvalue weighted by atomic mass is 10.1. The summed E-state index contributed by atoms with van der Waals surface area (Å²) in [6.07, 6.45) is 3.42. The van der Waals surface area contributed by atoms with Crippen molar-refractivity contribution in [2.45, 2.75) is 0 Å². The van der Waals surface area contributed by atoms with Gasteiger partial charge >= 0.3 is 0 Å². The van der Waals surface area contributed by atoms with E-state index in [2.05, 4.69) is 10.1 Å². The van der Waals surface area contributed by atoms with Crippen LogP contribution in [0.5, 0.6) is 5.75 Å². The number of hydrogen-bond donors (Lipinski definition) is 1. The van der Waals surface area contributed by atoms with Crippen LogP contribution in [-0.2, 0) is 7.05 Å². The van der Waals surface area contributed by atoms with E-state index in [1.807, 2.05) is 23.6 Å². The van der Waals surface area contributed by atoms with E-state index in [1.54, 1.807) is 37.6 Å². The molecule has 24 heavy (non-hydrogen) atoms. The van der Waals surface area contributed by atoms with Gasteiger partial charge in [-0.3, -0.25) is 9.78 Å². The number of aromatic hydroxyl groups is 1. The summed E-state index contributed by atoms with van der Waals surface area (Å²) >= 11 is 1.48. The lowest BCUT2D eigenvalue weighted by Crippen LogP contribution is -2.20. The second kappa shape index (κ2) is 5.58. The molecule has 0 unspecified atom stereocenters. The molecule has 0 fully saturated rings. The van der Waals surface area contributed by atoms with Crippen LogP contribution in [-0.4, -0.2) is 19.9 Å². The molecule has 1 aromatic carbocycles. The molecule has 4 aromatic rings. The van der Waals surface area contributed by atoms with Crippen LogP contribution in [0.25, 0.3) is 32.5 Å². The van der Waals surface area contributed by atoms with Gasteiger partial charge in [0, 0.05) is 35.9 Å². The molecule has 3 aromatic heterocycles. The maximum absolute atomic E-state index is 12.7. The number of hydrogen-bond acceptors (Lipinski definition) is 5. The zero-order valence-corrected chi connectivity index (χ0v) is 13.6. The van der Waals surface area contributed by atoms with Crippen LogP contribution in [0.1, 0.15) is 0 Å². The molecule has 0 spiro atoms. The monoisotopic (exact) mass is 335 g/mol. The van der Waals surface area contributed by atoms with Crippen molar-refractivity contribution in [2.75, 3.05) is 0 Å². The van der Waals surface area contributed by atoms with Crippen molar-refractivity contribution in [1.29, 1.82) is 0 Å². The Morgan fingerprint density at radius 2 is 1.92 bits per heavy atom. The Bertz CT molecular complexity index is 1100.